The summed E-state index contributed by atoms with van der Waals surface area (Å²) in [6.45, 7) is 0.694. The normalized spacial score (nSPS) is 16.6. The van der Waals surface area contributed by atoms with Crippen molar-refractivity contribution in [2.75, 3.05) is 12.8 Å². The lowest BCUT2D eigenvalue weighted by molar-refractivity contribution is 0.200. The summed E-state index contributed by atoms with van der Waals surface area (Å²) < 4.78 is 5.40. The molecule has 0 radical (unpaired) electrons. The molecule has 16 heavy (non-hydrogen) atoms. The molecule has 4 heteroatoms. The van der Waals surface area contributed by atoms with E-state index in [1.54, 1.807) is 12.1 Å². The van der Waals surface area contributed by atoms with Crippen LogP contribution in [0.1, 0.15) is 12.8 Å². The highest BCUT2D eigenvalue weighted by atomic mass is 32.2. The number of hydrogen-bond donors (Lipinski definition) is 1. The first-order valence-electron chi connectivity index (χ1n) is 5.30. The third-order valence-electron chi connectivity index (χ3n) is 2.75. The highest BCUT2D eigenvalue weighted by molar-refractivity contribution is 8.00. The van der Waals surface area contributed by atoms with Crippen molar-refractivity contribution < 1.29 is 9.53 Å². The molecule has 0 bridgehead atoms. The Labute approximate surface area is 99.6 Å². The molecule has 0 aliphatic heterocycles. The smallest absolute Gasteiger partial charge is 0.410 e. The molecule has 1 aromatic rings. The fourth-order valence-corrected chi connectivity index (χ4v) is 2.18. The van der Waals surface area contributed by atoms with Crippen LogP contribution in [0, 0.1) is 0 Å². The van der Waals surface area contributed by atoms with E-state index in [2.05, 4.69) is 11.6 Å². The molecule has 2 rings (SSSR count). The van der Waals surface area contributed by atoms with Gasteiger partial charge in [0, 0.05) is 11.3 Å². The molecule has 0 atom stereocenters. The molecule has 86 valence electrons. The standard InChI is InChI=1S/C12H15NO2S/c1-16-12(7-8-12)9-13-11(14)15-10-5-3-2-4-6-10/h2-6H,7-9H2,1H3,(H,13,14). The molecule has 0 saturated heterocycles. The second-order valence-corrected chi connectivity index (χ2v) is 5.22. The van der Waals surface area contributed by atoms with Crippen LogP contribution in [-0.4, -0.2) is 23.6 Å². The van der Waals surface area contributed by atoms with Crippen LogP contribution >= 0.6 is 11.8 Å². The molecule has 0 unspecified atom stereocenters. The first-order chi connectivity index (χ1) is 7.74. The lowest BCUT2D eigenvalue weighted by Crippen LogP contribution is -2.33. The third kappa shape index (κ3) is 2.92. The number of hydrogen-bond acceptors (Lipinski definition) is 3. The van der Waals surface area contributed by atoms with Crippen molar-refractivity contribution in [3.05, 3.63) is 30.3 Å². The minimum absolute atomic E-state index is 0.274. The largest absolute Gasteiger partial charge is 0.412 e. The Morgan fingerprint density at radius 3 is 2.69 bits per heavy atom. The van der Waals surface area contributed by atoms with Gasteiger partial charge in [0.25, 0.3) is 0 Å². The Kier molecular flexibility index (Phi) is 3.39. The maximum absolute atomic E-state index is 11.5. The Morgan fingerprint density at radius 1 is 1.44 bits per heavy atom. The van der Waals surface area contributed by atoms with E-state index in [1.165, 1.54) is 12.8 Å². The van der Waals surface area contributed by atoms with Crippen LogP contribution in [0.25, 0.3) is 0 Å². The maximum atomic E-state index is 11.5. The van der Waals surface area contributed by atoms with Gasteiger partial charge in [-0.2, -0.15) is 11.8 Å². The molecule has 3 nitrogen and oxygen atoms in total. The van der Waals surface area contributed by atoms with Gasteiger partial charge in [-0.05, 0) is 31.2 Å². The summed E-state index contributed by atoms with van der Waals surface area (Å²) in [5.41, 5.74) is 0. The molecule has 1 aliphatic rings. The number of carbonyl (C=O) groups excluding carboxylic acids is 1. The zero-order valence-corrected chi connectivity index (χ0v) is 10.0. The first-order valence-corrected chi connectivity index (χ1v) is 6.52. The zero-order valence-electron chi connectivity index (χ0n) is 9.23. The van der Waals surface area contributed by atoms with Gasteiger partial charge in [0.1, 0.15) is 5.75 Å². The van der Waals surface area contributed by atoms with Gasteiger partial charge in [-0.25, -0.2) is 4.79 Å². The van der Waals surface area contributed by atoms with Crippen molar-refractivity contribution in [1.82, 2.24) is 5.32 Å². The fourth-order valence-electron chi connectivity index (χ4n) is 1.46. The average molecular weight is 237 g/mol. The molecule has 1 saturated carbocycles. The van der Waals surface area contributed by atoms with E-state index in [4.69, 9.17) is 4.74 Å². The van der Waals surface area contributed by atoms with Gasteiger partial charge in [0.05, 0.1) is 0 Å². The SMILES string of the molecule is CSC1(CNC(=O)Oc2ccccc2)CC1. The van der Waals surface area contributed by atoms with Gasteiger partial charge >= 0.3 is 6.09 Å². The summed E-state index contributed by atoms with van der Waals surface area (Å²) in [4.78, 5) is 11.5. The van der Waals surface area contributed by atoms with E-state index in [-0.39, 0.29) is 10.8 Å². The molecular weight excluding hydrogens is 222 g/mol. The van der Waals surface area contributed by atoms with E-state index in [0.717, 1.165) is 0 Å². The summed E-state index contributed by atoms with van der Waals surface area (Å²) in [5, 5.41) is 2.80. The number of thioether (sulfide) groups is 1. The van der Waals surface area contributed by atoms with Crippen molar-refractivity contribution in [2.24, 2.45) is 0 Å². The quantitative estimate of drug-likeness (QED) is 0.875. The highest BCUT2D eigenvalue weighted by Gasteiger charge is 2.42. The number of ether oxygens (including phenoxy) is 1. The Hall–Kier alpha value is -1.16. The van der Waals surface area contributed by atoms with Gasteiger partial charge in [-0.15, -0.1) is 0 Å². The topological polar surface area (TPSA) is 38.3 Å². The minimum atomic E-state index is -0.369. The van der Waals surface area contributed by atoms with E-state index in [1.807, 2.05) is 30.0 Å². The Morgan fingerprint density at radius 2 is 2.12 bits per heavy atom. The lowest BCUT2D eigenvalue weighted by Gasteiger charge is -2.12. The number of amides is 1. The van der Waals surface area contributed by atoms with E-state index in [0.29, 0.717) is 12.3 Å². The Balaban J connectivity index is 1.77. The van der Waals surface area contributed by atoms with Crippen molar-refractivity contribution in [1.29, 1.82) is 0 Å². The lowest BCUT2D eigenvalue weighted by atomic mass is 10.3. The molecule has 0 heterocycles. The second-order valence-electron chi connectivity index (χ2n) is 3.94. The molecular formula is C12H15NO2S. The molecule has 0 aromatic heterocycles. The summed E-state index contributed by atoms with van der Waals surface area (Å²) >= 11 is 1.82. The van der Waals surface area contributed by atoms with Gasteiger partial charge in [0.2, 0.25) is 0 Å². The van der Waals surface area contributed by atoms with Crippen LogP contribution in [0.2, 0.25) is 0 Å². The average Bonchev–Trinajstić information content (AvgIpc) is 3.09. The van der Waals surface area contributed by atoms with E-state index < -0.39 is 0 Å². The minimum Gasteiger partial charge on any atom is -0.410 e. The predicted octanol–water partition coefficient (Wildman–Crippen LogP) is 2.67. The first kappa shape index (κ1) is 11.3. The summed E-state index contributed by atoms with van der Waals surface area (Å²) in [5.74, 6) is 0.578. The van der Waals surface area contributed by atoms with Crippen LogP contribution in [0.5, 0.6) is 5.75 Å². The van der Waals surface area contributed by atoms with Crippen LogP contribution in [0.15, 0.2) is 30.3 Å². The second kappa shape index (κ2) is 4.78. The Bertz CT molecular complexity index is 363. The van der Waals surface area contributed by atoms with Crippen LogP contribution in [0.4, 0.5) is 4.79 Å². The van der Waals surface area contributed by atoms with Crippen molar-refractivity contribution in [3.8, 4) is 5.75 Å². The number of rotatable bonds is 4. The summed E-state index contributed by atoms with van der Waals surface area (Å²) in [6.07, 6.45) is 4.07. The van der Waals surface area contributed by atoms with Gasteiger partial charge in [0.15, 0.2) is 0 Å². The highest BCUT2D eigenvalue weighted by Crippen LogP contribution is 2.46. The molecule has 1 aromatic carbocycles. The third-order valence-corrected chi connectivity index (χ3v) is 4.17. The number of carbonyl (C=O) groups is 1. The monoisotopic (exact) mass is 237 g/mol. The van der Waals surface area contributed by atoms with Crippen molar-refractivity contribution in [2.45, 2.75) is 17.6 Å². The fraction of sp³-hybridized carbons (Fsp3) is 0.417. The summed E-state index contributed by atoms with van der Waals surface area (Å²) in [6, 6.07) is 9.10. The van der Waals surface area contributed by atoms with Crippen LogP contribution < -0.4 is 10.1 Å². The van der Waals surface area contributed by atoms with E-state index in [9.17, 15) is 4.79 Å². The van der Waals surface area contributed by atoms with Crippen molar-refractivity contribution in [3.63, 3.8) is 0 Å². The molecule has 1 fully saturated rings. The summed E-state index contributed by atoms with van der Waals surface area (Å²) in [7, 11) is 0. The van der Waals surface area contributed by atoms with Gasteiger partial charge < -0.3 is 10.1 Å². The predicted molar refractivity (Wildman–Crippen MR) is 65.9 cm³/mol. The van der Waals surface area contributed by atoms with E-state index >= 15 is 0 Å². The zero-order chi connectivity index (χ0) is 11.4. The molecule has 0 spiro atoms. The van der Waals surface area contributed by atoms with Crippen LogP contribution in [0.3, 0.4) is 0 Å². The van der Waals surface area contributed by atoms with Gasteiger partial charge in [-0.3, -0.25) is 0 Å². The maximum Gasteiger partial charge on any atom is 0.412 e. The number of nitrogens with one attached hydrogen (secondary N) is 1. The van der Waals surface area contributed by atoms with Gasteiger partial charge in [-0.1, -0.05) is 18.2 Å². The number of para-hydroxylation sites is 1. The molecule has 1 N–H and O–H groups in total. The molecule has 1 aliphatic carbocycles. The van der Waals surface area contributed by atoms with Crippen molar-refractivity contribution >= 4 is 17.9 Å². The molecule has 1 amide bonds. The number of benzene rings is 1. The van der Waals surface area contributed by atoms with Crippen LogP contribution in [-0.2, 0) is 0 Å².